The van der Waals surface area contributed by atoms with Crippen LogP contribution < -0.4 is 5.32 Å². The van der Waals surface area contributed by atoms with E-state index in [1.807, 2.05) is 0 Å². The Bertz CT molecular complexity index is 310. The first-order chi connectivity index (χ1) is 6.25. The first kappa shape index (κ1) is 8.35. The molecule has 1 aliphatic carbocycles. The molecule has 2 nitrogen and oxygen atoms in total. The lowest BCUT2D eigenvalue weighted by Crippen LogP contribution is -2.26. The molecule has 2 N–H and O–H groups in total. The maximum Gasteiger partial charge on any atom is 0.166 e. The Balaban J connectivity index is 2.07. The second kappa shape index (κ2) is 3.24. The van der Waals surface area contributed by atoms with Crippen molar-refractivity contribution < 1.29 is 9.50 Å². The van der Waals surface area contributed by atoms with Gasteiger partial charge in [-0.15, -0.1) is 0 Å². The Morgan fingerprint density at radius 2 is 2.15 bits per heavy atom. The van der Waals surface area contributed by atoms with Crippen LogP contribution in [0.1, 0.15) is 19.3 Å². The van der Waals surface area contributed by atoms with Gasteiger partial charge in [-0.2, -0.15) is 0 Å². The standard InChI is InChI=1S/C10H12FNO/c11-9-6-8(4-5-10(9)13)12-7-2-1-3-7/h4-7,12-13H,1-3H2. The van der Waals surface area contributed by atoms with Crippen molar-refractivity contribution in [2.24, 2.45) is 0 Å². The van der Waals surface area contributed by atoms with Crippen LogP contribution in [0.4, 0.5) is 10.1 Å². The summed E-state index contributed by atoms with van der Waals surface area (Å²) in [4.78, 5) is 0. The zero-order chi connectivity index (χ0) is 9.26. The lowest BCUT2D eigenvalue weighted by molar-refractivity contribution is 0.430. The van der Waals surface area contributed by atoms with Gasteiger partial charge in [-0.05, 0) is 31.4 Å². The molecule has 70 valence electrons. The molecule has 2 rings (SSSR count). The minimum Gasteiger partial charge on any atom is -0.505 e. The molecule has 0 aromatic heterocycles. The summed E-state index contributed by atoms with van der Waals surface area (Å²) < 4.78 is 12.9. The molecule has 1 fully saturated rings. The van der Waals surface area contributed by atoms with E-state index in [9.17, 15) is 4.39 Å². The number of rotatable bonds is 2. The summed E-state index contributed by atoms with van der Waals surface area (Å²) in [6.45, 7) is 0. The van der Waals surface area contributed by atoms with Crippen LogP contribution in [0.3, 0.4) is 0 Å². The van der Waals surface area contributed by atoms with E-state index in [1.165, 1.54) is 18.6 Å². The van der Waals surface area contributed by atoms with Crippen molar-refractivity contribution in [3.05, 3.63) is 24.0 Å². The number of aromatic hydroxyl groups is 1. The molecule has 1 aromatic carbocycles. The van der Waals surface area contributed by atoms with E-state index in [1.54, 1.807) is 6.07 Å². The van der Waals surface area contributed by atoms with Crippen LogP contribution >= 0.6 is 0 Å². The van der Waals surface area contributed by atoms with E-state index in [2.05, 4.69) is 5.32 Å². The highest BCUT2D eigenvalue weighted by atomic mass is 19.1. The molecule has 0 atom stereocenters. The highest BCUT2D eigenvalue weighted by Gasteiger charge is 2.16. The number of hydrogen-bond donors (Lipinski definition) is 2. The van der Waals surface area contributed by atoms with Crippen LogP contribution in [-0.2, 0) is 0 Å². The van der Waals surface area contributed by atoms with E-state index in [0.29, 0.717) is 6.04 Å². The summed E-state index contributed by atoms with van der Waals surface area (Å²) in [7, 11) is 0. The summed E-state index contributed by atoms with van der Waals surface area (Å²) in [6, 6.07) is 4.88. The Kier molecular flexibility index (Phi) is 2.08. The fraction of sp³-hybridized carbons (Fsp3) is 0.400. The highest BCUT2D eigenvalue weighted by Crippen LogP contribution is 2.25. The Morgan fingerprint density at radius 1 is 1.38 bits per heavy atom. The van der Waals surface area contributed by atoms with Crippen LogP contribution in [-0.4, -0.2) is 11.1 Å². The number of nitrogens with one attached hydrogen (secondary N) is 1. The third-order valence-corrected chi connectivity index (χ3v) is 2.42. The van der Waals surface area contributed by atoms with Gasteiger partial charge in [-0.25, -0.2) is 4.39 Å². The SMILES string of the molecule is Oc1ccc(NC2CCC2)cc1F. The van der Waals surface area contributed by atoms with Gasteiger partial charge in [-0.3, -0.25) is 0 Å². The molecule has 1 aliphatic rings. The molecular formula is C10H12FNO. The number of anilines is 1. The first-order valence-electron chi connectivity index (χ1n) is 4.51. The Morgan fingerprint density at radius 3 is 2.69 bits per heavy atom. The summed E-state index contributed by atoms with van der Waals surface area (Å²) in [5.41, 5.74) is 0.750. The molecule has 0 aliphatic heterocycles. The topological polar surface area (TPSA) is 32.3 Å². The maximum atomic E-state index is 12.9. The molecule has 13 heavy (non-hydrogen) atoms. The molecule has 0 saturated heterocycles. The summed E-state index contributed by atoms with van der Waals surface area (Å²) in [6.07, 6.45) is 3.56. The van der Waals surface area contributed by atoms with Gasteiger partial charge in [0.2, 0.25) is 0 Å². The fourth-order valence-electron chi connectivity index (χ4n) is 1.38. The minimum absolute atomic E-state index is 0.292. The van der Waals surface area contributed by atoms with Crippen LogP contribution in [0.5, 0.6) is 5.75 Å². The normalized spacial score (nSPS) is 16.7. The summed E-state index contributed by atoms with van der Waals surface area (Å²) in [5.74, 6) is -0.858. The van der Waals surface area contributed by atoms with Gasteiger partial charge >= 0.3 is 0 Å². The van der Waals surface area contributed by atoms with Crippen LogP contribution in [0.2, 0.25) is 0 Å². The third-order valence-electron chi connectivity index (χ3n) is 2.42. The molecular weight excluding hydrogens is 169 g/mol. The molecule has 1 saturated carbocycles. The van der Waals surface area contributed by atoms with Gasteiger partial charge in [0, 0.05) is 17.8 Å². The molecule has 0 amide bonds. The molecule has 1 aromatic rings. The number of phenols is 1. The van der Waals surface area contributed by atoms with E-state index in [4.69, 9.17) is 5.11 Å². The van der Waals surface area contributed by atoms with Gasteiger partial charge in [0.1, 0.15) is 0 Å². The van der Waals surface area contributed by atoms with Crippen molar-refractivity contribution in [2.75, 3.05) is 5.32 Å². The zero-order valence-electron chi connectivity index (χ0n) is 7.26. The van der Waals surface area contributed by atoms with Crippen LogP contribution in [0.25, 0.3) is 0 Å². The van der Waals surface area contributed by atoms with E-state index in [-0.39, 0.29) is 5.75 Å². The first-order valence-corrected chi connectivity index (χ1v) is 4.51. The third kappa shape index (κ3) is 1.74. The van der Waals surface area contributed by atoms with Gasteiger partial charge in [-0.1, -0.05) is 0 Å². The fourth-order valence-corrected chi connectivity index (χ4v) is 1.38. The number of phenolic OH excluding ortho intramolecular Hbond substituents is 1. The van der Waals surface area contributed by atoms with Crippen molar-refractivity contribution in [2.45, 2.75) is 25.3 Å². The van der Waals surface area contributed by atoms with Gasteiger partial charge in [0.25, 0.3) is 0 Å². The van der Waals surface area contributed by atoms with Crippen molar-refractivity contribution in [3.8, 4) is 5.75 Å². The Hall–Kier alpha value is -1.25. The summed E-state index contributed by atoms with van der Waals surface area (Å²) >= 11 is 0. The second-order valence-electron chi connectivity index (χ2n) is 3.44. The van der Waals surface area contributed by atoms with Crippen molar-refractivity contribution in [1.82, 2.24) is 0 Å². The average Bonchev–Trinajstić information content (AvgIpc) is 2.04. The summed E-state index contributed by atoms with van der Waals surface area (Å²) in [5, 5.41) is 12.1. The van der Waals surface area contributed by atoms with Crippen LogP contribution in [0, 0.1) is 5.82 Å². The average molecular weight is 181 g/mol. The van der Waals surface area contributed by atoms with Crippen molar-refractivity contribution >= 4 is 5.69 Å². The molecule has 0 heterocycles. The highest BCUT2D eigenvalue weighted by molar-refractivity contribution is 5.47. The molecule has 0 radical (unpaired) electrons. The lowest BCUT2D eigenvalue weighted by atomic mass is 9.93. The lowest BCUT2D eigenvalue weighted by Gasteiger charge is -2.27. The largest absolute Gasteiger partial charge is 0.505 e. The van der Waals surface area contributed by atoms with Crippen LogP contribution in [0.15, 0.2) is 18.2 Å². The predicted molar refractivity (Wildman–Crippen MR) is 49.3 cm³/mol. The molecule has 3 heteroatoms. The molecule has 0 spiro atoms. The predicted octanol–water partition coefficient (Wildman–Crippen LogP) is 2.50. The smallest absolute Gasteiger partial charge is 0.166 e. The van der Waals surface area contributed by atoms with Crippen molar-refractivity contribution in [3.63, 3.8) is 0 Å². The monoisotopic (exact) mass is 181 g/mol. The van der Waals surface area contributed by atoms with Gasteiger partial charge in [0.15, 0.2) is 11.6 Å². The second-order valence-corrected chi connectivity index (χ2v) is 3.44. The maximum absolute atomic E-state index is 12.9. The van der Waals surface area contributed by atoms with E-state index < -0.39 is 5.82 Å². The quantitative estimate of drug-likeness (QED) is 0.687. The zero-order valence-corrected chi connectivity index (χ0v) is 7.26. The molecule has 0 bridgehead atoms. The van der Waals surface area contributed by atoms with E-state index >= 15 is 0 Å². The van der Waals surface area contributed by atoms with Gasteiger partial charge in [0.05, 0.1) is 0 Å². The number of halogens is 1. The van der Waals surface area contributed by atoms with E-state index in [0.717, 1.165) is 18.5 Å². The number of hydrogen-bond acceptors (Lipinski definition) is 2. The number of benzene rings is 1. The van der Waals surface area contributed by atoms with Crippen molar-refractivity contribution in [1.29, 1.82) is 0 Å². The minimum atomic E-state index is -0.565. The van der Waals surface area contributed by atoms with Gasteiger partial charge < -0.3 is 10.4 Å². The Labute approximate surface area is 76.4 Å². The molecule has 0 unspecified atom stereocenters.